The van der Waals surface area contributed by atoms with Crippen LogP contribution in [0.3, 0.4) is 0 Å². The second-order valence-electron chi connectivity index (χ2n) is 4.58. The number of oxazole rings is 1. The molecule has 19 heavy (non-hydrogen) atoms. The Morgan fingerprint density at radius 3 is 2.63 bits per heavy atom. The first-order chi connectivity index (χ1) is 9.13. The molecule has 2 aromatic rings. The van der Waals surface area contributed by atoms with E-state index < -0.39 is 0 Å². The van der Waals surface area contributed by atoms with E-state index in [1.54, 1.807) is 7.11 Å². The van der Waals surface area contributed by atoms with E-state index in [4.69, 9.17) is 9.15 Å². The van der Waals surface area contributed by atoms with Crippen molar-refractivity contribution in [1.82, 2.24) is 4.98 Å². The Balaban J connectivity index is 2.05. The van der Waals surface area contributed by atoms with Crippen molar-refractivity contribution in [2.45, 2.75) is 26.7 Å². The first kappa shape index (κ1) is 13.5. The third kappa shape index (κ3) is 3.08. The van der Waals surface area contributed by atoms with Gasteiger partial charge in [-0.25, -0.2) is 0 Å². The van der Waals surface area contributed by atoms with E-state index in [1.807, 2.05) is 20.0 Å². The van der Waals surface area contributed by atoms with E-state index in [-0.39, 0.29) is 0 Å². The lowest BCUT2D eigenvalue weighted by Crippen LogP contribution is -1.96. The maximum Gasteiger partial charge on any atom is 0.294 e. The minimum absolute atomic E-state index is 0.582. The van der Waals surface area contributed by atoms with Gasteiger partial charge in [-0.1, -0.05) is 12.1 Å². The van der Waals surface area contributed by atoms with Crippen LogP contribution < -0.4 is 10.1 Å². The third-order valence-electron chi connectivity index (χ3n) is 3.22. The average Bonchev–Trinajstić information content (AvgIpc) is 2.77. The van der Waals surface area contributed by atoms with E-state index in [0.29, 0.717) is 6.01 Å². The molecule has 4 heteroatoms. The molecule has 0 unspecified atom stereocenters. The first-order valence-electron chi connectivity index (χ1n) is 6.41. The molecule has 0 bridgehead atoms. The topological polar surface area (TPSA) is 47.3 Å². The molecule has 0 atom stereocenters. The fraction of sp³-hybridized carbons (Fsp3) is 0.400. The van der Waals surface area contributed by atoms with Gasteiger partial charge in [-0.05, 0) is 43.9 Å². The molecule has 1 heterocycles. The van der Waals surface area contributed by atoms with Crippen LogP contribution in [-0.4, -0.2) is 19.1 Å². The van der Waals surface area contributed by atoms with Gasteiger partial charge in [0.25, 0.3) is 6.01 Å². The molecule has 0 aliphatic heterocycles. The number of methoxy groups -OCH3 is 1. The number of benzene rings is 1. The van der Waals surface area contributed by atoms with E-state index in [2.05, 4.69) is 29.4 Å². The van der Waals surface area contributed by atoms with Gasteiger partial charge in [0.2, 0.25) is 0 Å². The summed E-state index contributed by atoms with van der Waals surface area (Å²) in [6.07, 6.45) is 1.82. The van der Waals surface area contributed by atoms with Gasteiger partial charge in [-0.3, -0.25) is 0 Å². The highest BCUT2D eigenvalue weighted by Gasteiger charge is 2.08. The van der Waals surface area contributed by atoms with Gasteiger partial charge >= 0.3 is 0 Å². The Labute approximate surface area is 113 Å². The van der Waals surface area contributed by atoms with Gasteiger partial charge < -0.3 is 14.5 Å². The number of nitrogens with one attached hydrogen (secondary N) is 1. The summed E-state index contributed by atoms with van der Waals surface area (Å²) in [5.74, 6) is 1.81. The van der Waals surface area contributed by atoms with Crippen LogP contribution in [0.4, 0.5) is 6.01 Å². The summed E-state index contributed by atoms with van der Waals surface area (Å²) in [5, 5.41) is 2.92. The molecule has 102 valence electrons. The largest absolute Gasteiger partial charge is 0.496 e. The lowest BCUT2D eigenvalue weighted by atomic mass is 10.0. The summed E-state index contributed by atoms with van der Waals surface area (Å²) in [6.45, 7) is 4.01. The maximum absolute atomic E-state index is 5.47. The minimum atomic E-state index is 0.582. The molecule has 0 aliphatic carbocycles. The van der Waals surface area contributed by atoms with Crippen molar-refractivity contribution in [2.24, 2.45) is 0 Å². The molecule has 0 saturated heterocycles. The summed E-state index contributed by atoms with van der Waals surface area (Å²) in [5.41, 5.74) is 3.46. The lowest BCUT2D eigenvalue weighted by Gasteiger charge is -2.06. The number of aromatic nitrogens is 1. The van der Waals surface area contributed by atoms with E-state index >= 15 is 0 Å². The average molecular weight is 260 g/mol. The number of hydrogen-bond donors (Lipinski definition) is 1. The van der Waals surface area contributed by atoms with Crippen molar-refractivity contribution in [3.05, 3.63) is 40.8 Å². The van der Waals surface area contributed by atoms with Crippen molar-refractivity contribution in [3.8, 4) is 5.75 Å². The zero-order valence-electron chi connectivity index (χ0n) is 11.9. The molecule has 1 aromatic carbocycles. The second-order valence-corrected chi connectivity index (χ2v) is 4.58. The molecule has 1 N–H and O–H groups in total. The van der Waals surface area contributed by atoms with Crippen LogP contribution in [0.5, 0.6) is 5.75 Å². The van der Waals surface area contributed by atoms with Gasteiger partial charge in [0.15, 0.2) is 0 Å². The Hall–Kier alpha value is -1.97. The van der Waals surface area contributed by atoms with E-state index in [1.165, 1.54) is 5.56 Å². The van der Waals surface area contributed by atoms with Crippen molar-refractivity contribution in [3.63, 3.8) is 0 Å². The second kappa shape index (κ2) is 5.78. The van der Waals surface area contributed by atoms with Crippen molar-refractivity contribution in [2.75, 3.05) is 19.5 Å². The van der Waals surface area contributed by atoms with Crippen LogP contribution in [0, 0.1) is 13.8 Å². The van der Waals surface area contributed by atoms with Crippen LogP contribution in [0.1, 0.15) is 22.6 Å². The fourth-order valence-electron chi connectivity index (χ4n) is 2.13. The Morgan fingerprint density at radius 1 is 1.26 bits per heavy atom. The number of hydrogen-bond acceptors (Lipinski definition) is 4. The predicted octanol–water partition coefficient (Wildman–Crippen LogP) is 3.13. The zero-order valence-corrected chi connectivity index (χ0v) is 11.9. The quantitative estimate of drug-likeness (QED) is 0.897. The zero-order chi connectivity index (χ0) is 13.8. The number of aryl methyl sites for hydroxylation is 4. The lowest BCUT2D eigenvalue weighted by molar-refractivity contribution is 0.411. The molecule has 1 aromatic heterocycles. The number of nitrogens with zero attached hydrogens (tertiary/aromatic N) is 1. The molecule has 0 amide bonds. The monoisotopic (exact) mass is 260 g/mol. The number of ether oxygens (including phenoxy) is 1. The maximum atomic E-state index is 5.47. The Bertz CT molecular complexity index is 561. The minimum Gasteiger partial charge on any atom is -0.496 e. The van der Waals surface area contributed by atoms with Gasteiger partial charge in [0.05, 0.1) is 12.8 Å². The van der Waals surface area contributed by atoms with E-state index in [0.717, 1.165) is 35.6 Å². The number of rotatable bonds is 5. The molecular formula is C15H20N2O2. The first-order valence-corrected chi connectivity index (χ1v) is 6.41. The highest BCUT2D eigenvalue weighted by molar-refractivity contribution is 5.36. The molecule has 2 rings (SSSR count). The third-order valence-corrected chi connectivity index (χ3v) is 3.22. The summed E-state index contributed by atoms with van der Waals surface area (Å²) >= 11 is 0. The van der Waals surface area contributed by atoms with Gasteiger partial charge in [0, 0.05) is 7.05 Å². The molecule has 0 fully saturated rings. The van der Waals surface area contributed by atoms with Crippen LogP contribution in [-0.2, 0) is 12.8 Å². The summed E-state index contributed by atoms with van der Waals surface area (Å²) in [6, 6.07) is 6.85. The standard InChI is InChI=1S/C15H20N2O2/c1-10-9-12(6-8-14(10)18-4)5-7-13-11(2)19-15(16-3)17-13/h6,8-9H,5,7H2,1-4H3,(H,16,17). The molecular weight excluding hydrogens is 240 g/mol. The number of anilines is 1. The predicted molar refractivity (Wildman–Crippen MR) is 75.9 cm³/mol. The Kier molecular flexibility index (Phi) is 4.10. The van der Waals surface area contributed by atoms with Crippen LogP contribution in [0.25, 0.3) is 0 Å². The fourth-order valence-corrected chi connectivity index (χ4v) is 2.13. The van der Waals surface area contributed by atoms with Gasteiger partial charge in [-0.2, -0.15) is 4.98 Å². The van der Waals surface area contributed by atoms with E-state index in [9.17, 15) is 0 Å². The molecule has 0 saturated carbocycles. The SMILES string of the molecule is CNc1nc(CCc2ccc(OC)c(C)c2)c(C)o1. The van der Waals surface area contributed by atoms with Crippen LogP contribution in [0.15, 0.2) is 22.6 Å². The van der Waals surface area contributed by atoms with Crippen LogP contribution >= 0.6 is 0 Å². The van der Waals surface area contributed by atoms with Gasteiger partial charge in [0.1, 0.15) is 11.5 Å². The highest BCUT2D eigenvalue weighted by Crippen LogP contribution is 2.20. The van der Waals surface area contributed by atoms with Crippen molar-refractivity contribution < 1.29 is 9.15 Å². The van der Waals surface area contributed by atoms with Crippen molar-refractivity contribution in [1.29, 1.82) is 0 Å². The van der Waals surface area contributed by atoms with Crippen LogP contribution in [0.2, 0.25) is 0 Å². The summed E-state index contributed by atoms with van der Waals surface area (Å²) in [7, 11) is 3.50. The molecule has 0 spiro atoms. The molecule has 0 aliphatic rings. The van der Waals surface area contributed by atoms with Crippen molar-refractivity contribution >= 4 is 6.01 Å². The van der Waals surface area contributed by atoms with Gasteiger partial charge in [-0.15, -0.1) is 0 Å². The highest BCUT2D eigenvalue weighted by atomic mass is 16.5. The molecule has 0 radical (unpaired) electrons. The molecule has 4 nitrogen and oxygen atoms in total. The summed E-state index contributed by atoms with van der Waals surface area (Å²) < 4.78 is 10.7. The normalized spacial score (nSPS) is 10.5. The summed E-state index contributed by atoms with van der Waals surface area (Å²) in [4.78, 5) is 4.40. The smallest absolute Gasteiger partial charge is 0.294 e. The Morgan fingerprint density at radius 2 is 2.05 bits per heavy atom.